The molecular weight excluding hydrogens is 394 g/mol. The Morgan fingerprint density at radius 1 is 1.17 bits per heavy atom. The second kappa shape index (κ2) is 9.45. The minimum atomic E-state index is -0.726. The van der Waals surface area contributed by atoms with Gasteiger partial charge in [-0.2, -0.15) is 0 Å². The lowest BCUT2D eigenvalue weighted by Crippen LogP contribution is -2.46. The van der Waals surface area contributed by atoms with Crippen molar-refractivity contribution in [3.63, 3.8) is 0 Å². The molecule has 1 aromatic heterocycles. The molecule has 0 bridgehead atoms. The number of rotatable bonds is 7. The van der Waals surface area contributed by atoms with Gasteiger partial charge in [-0.15, -0.1) is 11.3 Å². The smallest absolute Gasteiger partial charge is 0.320 e. The third-order valence-corrected chi connectivity index (χ3v) is 6.73. The Kier molecular flexibility index (Phi) is 6.50. The molecule has 1 N–H and O–H groups in total. The summed E-state index contributed by atoms with van der Waals surface area (Å²) in [5.74, 6) is 0.0907. The highest BCUT2D eigenvalue weighted by Gasteiger charge is 2.35. The Bertz CT molecular complexity index is 968. The molecule has 0 aliphatic carbocycles. The molecule has 2 atom stereocenters. The molecule has 0 saturated carbocycles. The summed E-state index contributed by atoms with van der Waals surface area (Å²) in [5.41, 5.74) is 3.45. The van der Waals surface area contributed by atoms with Gasteiger partial charge >= 0.3 is 5.97 Å². The predicted molar refractivity (Wildman–Crippen MR) is 120 cm³/mol. The molecule has 2 aromatic carbocycles. The number of aryl methyl sites for hydroxylation is 1. The van der Waals surface area contributed by atoms with E-state index in [0.717, 1.165) is 36.3 Å². The maximum absolute atomic E-state index is 12.0. The van der Waals surface area contributed by atoms with Crippen LogP contribution in [0, 0.1) is 6.92 Å². The molecule has 1 fully saturated rings. The summed E-state index contributed by atoms with van der Waals surface area (Å²) in [5, 5.41) is 12.0. The molecule has 4 nitrogen and oxygen atoms in total. The molecule has 0 spiro atoms. The molecular formula is C25H27NO3S. The minimum absolute atomic E-state index is 0.0479. The summed E-state index contributed by atoms with van der Waals surface area (Å²) in [6, 6.07) is 19.9. The number of nitrogens with zero attached hydrogens (tertiary/aromatic N) is 1. The number of aliphatic carboxylic acids is 1. The Hall–Kier alpha value is -2.63. The van der Waals surface area contributed by atoms with E-state index in [9.17, 15) is 9.90 Å². The monoisotopic (exact) mass is 421 g/mol. The quantitative estimate of drug-likeness (QED) is 0.534. The van der Waals surface area contributed by atoms with Gasteiger partial charge in [-0.1, -0.05) is 48.9 Å². The minimum Gasteiger partial charge on any atom is -0.489 e. The highest BCUT2D eigenvalue weighted by molar-refractivity contribution is 7.10. The largest absolute Gasteiger partial charge is 0.489 e. The standard InChI is InChI=1S/C25H27NO3S/c1-18-15-23(30-17-18)24(26-14-6-5-9-22(26)25(27)28)20-10-12-21(13-11-20)29-16-19-7-3-2-4-8-19/h2-4,7-8,10-13,15,17,22,24H,5-6,9,14,16H2,1H3,(H,27,28). The van der Waals surface area contributed by atoms with Gasteiger partial charge in [-0.3, -0.25) is 9.69 Å². The van der Waals surface area contributed by atoms with E-state index in [4.69, 9.17) is 4.74 Å². The summed E-state index contributed by atoms with van der Waals surface area (Å²) < 4.78 is 5.94. The van der Waals surface area contributed by atoms with Crippen LogP contribution in [0.25, 0.3) is 0 Å². The Labute approximate surface area is 181 Å². The van der Waals surface area contributed by atoms with Gasteiger partial charge in [0.1, 0.15) is 18.4 Å². The van der Waals surface area contributed by atoms with E-state index in [1.807, 2.05) is 42.5 Å². The molecule has 156 valence electrons. The third kappa shape index (κ3) is 4.74. The van der Waals surface area contributed by atoms with Crippen LogP contribution < -0.4 is 4.74 Å². The normalized spacial score (nSPS) is 18.1. The topological polar surface area (TPSA) is 49.8 Å². The summed E-state index contributed by atoms with van der Waals surface area (Å²) in [6.45, 7) is 3.41. The number of thiophene rings is 1. The SMILES string of the molecule is Cc1csc(C(c2ccc(OCc3ccccc3)cc2)N2CCCCC2C(=O)O)c1. The molecule has 5 heteroatoms. The predicted octanol–water partition coefficient (Wildman–Crippen LogP) is 5.66. The van der Waals surface area contributed by atoms with E-state index in [1.54, 1.807) is 11.3 Å². The van der Waals surface area contributed by atoms with Crippen molar-refractivity contribution in [3.05, 3.63) is 87.6 Å². The van der Waals surface area contributed by atoms with Gasteiger partial charge in [0.2, 0.25) is 0 Å². The van der Waals surface area contributed by atoms with Gasteiger partial charge in [0.05, 0.1) is 6.04 Å². The fourth-order valence-electron chi connectivity index (χ4n) is 4.13. The fourth-order valence-corrected chi connectivity index (χ4v) is 5.18. The molecule has 1 saturated heterocycles. The van der Waals surface area contributed by atoms with E-state index in [-0.39, 0.29) is 6.04 Å². The van der Waals surface area contributed by atoms with E-state index >= 15 is 0 Å². The second-order valence-electron chi connectivity index (χ2n) is 7.86. The highest BCUT2D eigenvalue weighted by atomic mass is 32.1. The van der Waals surface area contributed by atoms with Crippen molar-refractivity contribution >= 4 is 17.3 Å². The average Bonchev–Trinajstić information content (AvgIpc) is 3.20. The molecule has 1 aliphatic heterocycles. The summed E-state index contributed by atoms with van der Waals surface area (Å²) in [7, 11) is 0. The first kappa shape index (κ1) is 20.6. The van der Waals surface area contributed by atoms with Crippen LogP contribution in [0.5, 0.6) is 5.75 Å². The summed E-state index contributed by atoms with van der Waals surface area (Å²) in [4.78, 5) is 15.3. The van der Waals surface area contributed by atoms with Gasteiger partial charge in [-0.05, 0) is 66.6 Å². The number of carboxylic acid groups (broad SMARTS) is 1. The van der Waals surface area contributed by atoms with Crippen LogP contribution in [0.3, 0.4) is 0 Å². The Balaban J connectivity index is 1.58. The summed E-state index contributed by atoms with van der Waals surface area (Å²) >= 11 is 1.71. The van der Waals surface area contributed by atoms with Crippen LogP contribution in [0.4, 0.5) is 0 Å². The molecule has 2 unspecified atom stereocenters. The lowest BCUT2D eigenvalue weighted by Gasteiger charge is -2.39. The van der Waals surface area contributed by atoms with E-state index in [1.165, 1.54) is 10.4 Å². The first-order chi connectivity index (χ1) is 14.6. The zero-order valence-electron chi connectivity index (χ0n) is 17.2. The Morgan fingerprint density at radius 2 is 1.93 bits per heavy atom. The van der Waals surface area contributed by atoms with E-state index in [0.29, 0.717) is 13.0 Å². The van der Waals surface area contributed by atoms with E-state index < -0.39 is 12.0 Å². The molecule has 0 amide bonds. The maximum atomic E-state index is 12.0. The highest BCUT2D eigenvalue weighted by Crippen LogP contribution is 2.37. The van der Waals surface area contributed by atoms with Crippen LogP contribution in [-0.4, -0.2) is 28.6 Å². The van der Waals surface area contributed by atoms with Crippen molar-refractivity contribution in [1.82, 2.24) is 4.90 Å². The lowest BCUT2D eigenvalue weighted by atomic mass is 9.95. The zero-order chi connectivity index (χ0) is 20.9. The number of piperidine rings is 1. The van der Waals surface area contributed by atoms with Crippen LogP contribution in [0.2, 0.25) is 0 Å². The van der Waals surface area contributed by atoms with Crippen LogP contribution in [0.1, 0.15) is 46.9 Å². The van der Waals surface area contributed by atoms with Gasteiger partial charge in [0, 0.05) is 4.88 Å². The van der Waals surface area contributed by atoms with Crippen LogP contribution >= 0.6 is 11.3 Å². The van der Waals surface area contributed by atoms with Gasteiger partial charge < -0.3 is 9.84 Å². The first-order valence-electron chi connectivity index (χ1n) is 10.4. The van der Waals surface area contributed by atoms with Gasteiger partial charge in [0.15, 0.2) is 0 Å². The average molecular weight is 422 g/mol. The number of benzene rings is 2. The van der Waals surface area contributed by atoms with Gasteiger partial charge in [-0.25, -0.2) is 0 Å². The molecule has 4 rings (SSSR count). The zero-order valence-corrected chi connectivity index (χ0v) is 18.0. The molecule has 30 heavy (non-hydrogen) atoms. The summed E-state index contributed by atoms with van der Waals surface area (Å²) in [6.07, 6.45) is 2.70. The maximum Gasteiger partial charge on any atom is 0.320 e. The molecule has 3 aromatic rings. The van der Waals surface area contributed by atoms with Crippen molar-refractivity contribution in [2.24, 2.45) is 0 Å². The van der Waals surface area contributed by atoms with Crippen molar-refractivity contribution in [2.45, 2.75) is 44.9 Å². The number of carbonyl (C=O) groups is 1. The lowest BCUT2D eigenvalue weighted by molar-refractivity contribution is -0.145. The number of hydrogen-bond donors (Lipinski definition) is 1. The number of carboxylic acids is 1. The van der Waals surface area contributed by atoms with E-state index in [2.05, 4.69) is 35.4 Å². The first-order valence-corrected chi connectivity index (χ1v) is 11.3. The Morgan fingerprint density at radius 3 is 2.60 bits per heavy atom. The van der Waals surface area contributed by atoms with Gasteiger partial charge in [0.25, 0.3) is 0 Å². The molecule has 2 heterocycles. The van der Waals surface area contributed by atoms with Crippen LogP contribution in [-0.2, 0) is 11.4 Å². The fraction of sp³-hybridized carbons (Fsp3) is 0.320. The molecule has 1 aliphatic rings. The van der Waals surface area contributed by atoms with Crippen LogP contribution in [0.15, 0.2) is 66.0 Å². The van der Waals surface area contributed by atoms with Crippen molar-refractivity contribution < 1.29 is 14.6 Å². The second-order valence-corrected chi connectivity index (χ2v) is 8.80. The number of hydrogen-bond acceptors (Lipinski definition) is 4. The molecule has 0 radical (unpaired) electrons. The van der Waals surface area contributed by atoms with Crippen molar-refractivity contribution in [1.29, 1.82) is 0 Å². The van der Waals surface area contributed by atoms with Crippen molar-refractivity contribution in [2.75, 3.05) is 6.54 Å². The number of ether oxygens (including phenoxy) is 1. The number of likely N-dealkylation sites (tertiary alicyclic amines) is 1. The third-order valence-electron chi connectivity index (χ3n) is 5.63. The van der Waals surface area contributed by atoms with Crippen molar-refractivity contribution in [3.8, 4) is 5.75 Å².